The first kappa shape index (κ1) is 9.92. The van der Waals surface area contributed by atoms with E-state index in [4.69, 9.17) is 0 Å². The SMILES string of the molecule is O=c1ccn(-c2cccc(Br)n2)cc1O. The summed E-state index contributed by atoms with van der Waals surface area (Å²) in [7, 11) is 0. The summed E-state index contributed by atoms with van der Waals surface area (Å²) in [6.45, 7) is 0. The second kappa shape index (κ2) is 3.86. The minimum atomic E-state index is -0.402. The van der Waals surface area contributed by atoms with Gasteiger partial charge in [-0.2, -0.15) is 0 Å². The van der Waals surface area contributed by atoms with Crippen LogP contribution >= 0.6 is 15.9 Å². The lowest BCUT2D eigenvalue weighted by Crippen LogP contribution is -2.04. The van der Waals surface area contributed by atoms with Gasteiger partial charge in [0.05, 0.1) is 6.20 Å². The highest BCUT2D eigenvalue weighted by atomic mass is 79.9. The van der Waals surface area contributed by atoms with Crippen molar-refractivity contribution in [3.05, 3.63) is 51.5 Å². The maximum absolute atomic E-state index is 11.0. The van der Waals surface area contributed by atoms with Crippen LogP contribution in [0.25, 0.3) is 5.82 Å². The first-order valence-corrected chi connectivity index (χ1v) is 5.00. The lowest BCUT2D eigenvalue weighted by Gasteiger charge is -2.05. The van der Waals surface area contributed by atoms with Gasteiger partial charge < -0.3 is 9.67 Å². The second-order valence-corrected chi connectivity index (χ2v) is 3.73. The van der Waals surface area contributed by atoms with Crippen molar-refractivity contribution in [3.63, 3.8) is 0 Å². The third-order valence-corrected chi connectivity index (χ3v) is 2.31. The number of aromatic nitrogens is 2. The van der Waals surface area contributed by atoms with Gasteiger partial charge in [-0.15, -0.1) is 0 Å². The van der Waals surface area contributed by atoms with Crippen molar-refractivity contribution in [2.45, 2.75) is 0 Å². The Bertz CT molecular complexity index is 551. The molecule has 4 nitrogen and oxygen atoms in total. The highest BCUT2D eigenvalue weighted by Crippen LogP contribution is 2.11. The summed E-state index contributed by atoms with van der Waals surface area (Å²) in [5, 5.41) is 9.26. The third kappa shape index (κ3) is 2.07. The van der Waals surface area contributed by atoms with Gasteiger partial charge in [-0.1, -0.05) is 6.07 Å². The molecule has 0 atom stereocenters. The van der Waals surface area contributed by atoms with Crippen molar-refractivity contribution in [1.82, 2.24) is 9.55 Å². The number of nitrogens with zero attached hydrogens (tertiary/aromatic N) is 2. The zero-order valence-corrected chi connectivity index (χ0v) is 9.18. The number of hydrogen-bond donors (Lipinski definition) is 1. The smallest absolute Gasteiger partial charge is 0.223 e. The van der Waals surface area contributed by atoms with Gasteiger partial charge in [0.2, 0.25) is 5.43 Å². The van der Waals surface area contributed by atoms with Crippen molar-refractivity contribution in [1.29, 1.82) is 0 Å². The number of halogens is 1. The highest BCUT2D eigenvalue weighted by Gasteiger charge is 2.00. The summed E-state index contributed by atoms with van der Waals surface area (Å²) in [4.78, 5) is 15.2. The van der Waals surface area contributed by atoms with E-state index in [9.17, 15) is 9.90 Å². The molecule has 0 aliphatic rings. The number of pyridine rings is 2. The predicted molar refractivity (Wildman–Crippen MR) is 59.2 cm³/mol. The summed E-state index contributed by atoms with van der Waals surface area (Å²) in [6.07, 6.45) is 2.88. The Morgan fingerprint density at radius 2 is 2.13 bits per heavy atom. The molecule has 0 unspecified atom stereocenters. The molecule has 0 saturated heterocycles. The van der Waals surface area contributed by atoms with Crippen LogP contribution in [0.15, 0.2) is 46.1 Å². The number of hydrogen-bond acceptors (Lipinski definition) is 3. The van der Waals surface area contributed by atoms with E-state index in [1.807, 2.05) is 6.07 Å². The molecule has 2 aromatic heterocycles. The molecular formula is C10H7BrN2O2. The second-order valence-electron chi connectivity index (χ2n) is 2.92. The molecule has 0 aliphatic carbocycles. The zero-order valence-electron chi connectivity index (χ0n) is 7.59. The average molecular weight is 267 g/mol. The molecule has 2 aromatic rings. The van der Waals surface area contributed by atoms with E-state index in [1.54, 1.807) is 22.9 Å². The van der Waals surface area contributed by atoms with Gasteiger partial charge in [-0.3, -0.25) is 4.79 Å². The van der Waals surface area contributed by atoms with Crippen LogP contribution in [0.5, 0.6) is 5.75 Å². The summed E-state index contributed by atoms with van der Waals surface area (Å²) in [5.41, 5.74) is -0.402. The summed E-state index contributed by atoms with van der Waals surface area (Å²) < 4.78 is 2.26. The molecule has 0 fully saturated rings. The average Bonchev–Trinajstić information content (AvgIpc) is 2.22. The Balaban J connectivity index is 2.55. The van der Waals surface area contributed by atoms with Crippen molar-refractivity contribution in [2.24, 2.45) is 0 Å². The summed E-state index contributed by atoms with van der Waals surface area (Å²) >= 11 is 3.24. The molecule has 0 aromatic carbocycles. The maximum atomic E-state index is 11.0. The van der Waals surface area contributed by atoms with E-state index in [0.717, 1.165) is 0 Å². The Morgan fingerprint density at radius 1 is 1.33 bits per heavy atom. The van der Waals surface area contributed by atoms with Gasteiger partial charge in [0.15, 0.2) is 5.75 Å². The molecule has 2 heterocycles. The molecule has 5 heteroatoms. The quantitative estimate of drug-likeness (QED) is 0.800. The Kier molecular flexibility index (Phi) is 2.55. The first-order chi connectivity index (χ1) is 7.16. The van der Waals surface area contributed by atoms with Crippen LogP contribution in [0, 0.1) is 0 Å². The highest BCUT2D eigenvalue weighted by molar-refractivity contribution is 9.10. The number of rotatable bonds is 1. The minimum Gasteiger partial charge on any atom is -0.503 e. The minimum absolute atomic E-state index is 0.292. The van der Waals surface area contributed by atoms with Crippen LogP contribution in [-0.2, 0) is 0 Å². The Hall–Kier alpha value is -1.62. The van der Waals surface area contributed by atoms with E-state index in [2.05, 4.69) is 20.9 Å². The lowest BCUT2D eigenvalue weighted by atomic mass is 10.4. The van der Waals surface area contributed by atoms with Gasteiger partial charge in [-0.25, -0.2) is 4.98 Å². The van der Waals surface area contributed by atoms with Gasteiger partial charge in [0, 0.05) is 12.3 Å². The molecule has 2 rings (SSSR count). The van der Waals surface area contributed by atoms with E-state index >= 15 is 0 Å². The molecular weight excluding hydrogens is 260 g/mol. The summed E-state index contributed by atoms with van der Waals surface area (Å²) in [5.74, 6) is 0.332. The Morgan fingerprint density at radius 3 is 2.80 bits per heavy atom. The van der Waals surface area contributed by atoms with Gasteiger partial charge in [0.25, 0.3) is 0 Å². The van der Waals surface area contributed by atoms with Crippen molar-refractivity contribution < 1.29 is 5.11 Å². The topological polar surface area (TPSA) is 55.1 Å². The van der Waals surface area contributed by atoms with Crippen molar-refractivity contribution in [2.75, 3.05) is 0 Å². The van der Waals surface area contributed by atoms with E-state index in [1.165, 1.54) is 12.3 Å². The van der Waals surface area contributed by atoms with Crippen LogP contribution in [-0.4, -0.2) is 14.7 Å². The fourth-order valence-electron chi connectivity index (χ4n) is 1.16. The van der Waals surface area contributed by atoms with Gasteiger partial charge >= 0.3 is 0 Å². The van der Waals surface area contributed by atoms with Crippen LogP contribution in [0.4, 0.5) is 0 Å². The van der Waals surface area contributed by atoms with Gasteiger partial charge in [0.1, 0.15) is 10.4 Å². The molecule has 0 aliphatic heterocycles. The lowest BCUT2D eigenvalue weighted by molar-refractivity contribution is 0.465. The maximum Gasteiger partial charge on any atom is 0.223 e. The molecule has 0 bridgehead atoms. The van der Waals surface area contributed by atoms with Crippen LogP contribution < -0.4 is 5.43 Å². The fraction of sp³-hybridized carbons (Fsp3) is 0. The van der Waals surface area contributed by atoms with Gasteiger partial charge in [-0.05, 0) is 28.1 Å². The normalized spacial score (nSPS) is 10.2. The standard InChI is InChI=1S/C10H7BrN2O2/c11-9-2-1-3-10(12-9)13-5-4-7(14)8(15)6-13/h1-6,15H. The zero-order chi connectivity index (χ0) is 10.8. The molecule has 0 saturated carbocycles. The van der Waals surface area contributed by atoms with E-state index in [0.29, 0.717) is 10.4 Å². The van der Waals surface area contributed by atoms with Crippen LogP contribution in [0.1, 0.15) is 0 Å². The first-order valence-electron chi connectivity index (χ1n) is 4.21. The predicted octanol–water partition coefficient (Wildman–Crippen LogP) is 1.70. The van der Waals surface area contributed by atoms with Crippen LogP contribution in [0.3, 0.4) is 0 Å². The molecule has 0 radical (unpaired) electrons. The molecule has 0 spiro atoms. The van der Waals surface area contributed by atoms with Crippen molar-refractivity contribution >= 4 is 15.9 Å². The van der Waals surface area contributed by atoms with E-state index < -0.39 is 5.43 Å². The van der Waals surface area contributed by atoms with Crippen LogP contribution in [0.2, 0.25) is 0 Å². The fourth-order valence-corrected chi connectivity index (χ4v) is 1.49. The monoisotopic (exact) mass is 266 g/mol. The molecule has 76 valence electrons. The number of aromatic hydroxyl groups is 1. The largest absolute Gasteiger partial charge is 0.503 e. The third-order valence-electron chi connectivity index (χ3n) is 1.87. The molecule has 15 heavy (non-hydrogen) atoms. The van der Waals surface area contributed by atoms with Crippen molar-refractivity contribution in [3.8, 4) is 11.6 Å². The Labute approximate surface area is 94.0 Å². The molecule has 1 N–H and O–H groups in total. The molecule has 0 amide bonds. The van der Waals surface area contributed by atoms with E-state index in [-0.39, 0.29) is 5.75 Å². The summed E-state index contributed by atoms with van der Waals surface area (Å²) in [6, 6.07) is 6.68.